The van der Waals surface area contributed by atoms with Crippen LogP contribution in [-0.2, 0) is 11.2 Å². The van der Waals surface area contributed by atoms with Gasteiger partial charge in [-0.25, -0.2) is 4.79 Å². The second kappa shape index (κ2) is 4.50. The third kappa shape index (κ3) is 2.47. The van der Waals surface area contributed by atoms with Crippen molar-refractivity contribution in [3.05, 3.63) is 36.3 Å². The maximum absolute atomic E-state index is 11.1. The number of rotatable bonds is 4. The van der Waals surface area contributed by atoms with Crippen molar-refractivity contribution in [2.75, 3.05) is 6.61 Å². The Hall–Kier alpha value is -1.51. The molecular weight excluding hydrogens is 168 g/mol. The molecule has 0 bridgehead atoms. The molecule has 3 heteroatoms. The molecule has 0 saturated heterocycles. The summed E-state index contributed by atoms with van der Waals surface area (Å²) in [7, 11) is 0. The van der Waals surface area contributed by atoms with Crippen LogP contribution >= 0.6 is 0 Å². The minimum atomic E-state index is -0.419. The predicted octanol–water partition coefficient (Wildman–Crippen LogP) is 2.18. The number of furan rings is 1. The van der Waals surface area contributed by atoms with Crippen molar-refractivity contribution in [3.63, 3.8) is 0 Å². The summed E-state index contributed by atoms with van der Waals surface area (Å²) in [5.41, 5.74) is 0. The number of hydrogen-bond acceptors (Lipinski definition) is 3. The van der Waals surface area contributed by atoms with Crippen LogP contribution in [0.15, 0.2) is 29.2 Å². The fourth-order valence-electron chi connectivity index (χ4n) is 0.942. The van der Waals surface area contributed by atoms with E-state index in [1.807, 2.05) is 0 Å². The van der Waals surface area contributed by atoms with E-state index in [-0.39, 0.29) is 5.76 Å². The van der Waals surface area contributed by atoms with E-state index in [0.29, 0.717) is 13.0 Å². The molecule has 13 heavy (non-hydrogen) atoms. The number of esters is 1. The zero-order valence-corrected chi connectivity index (χ0v) is 7.58. The lowest BCUT2D eigenvalue weighted by Crippen LogP contribution is -2.02. The van der Waals surface area contributed by atoms with E-state index in [2.05, 4.69) is 6.58 Å². The Balaban J connectivity index is 2.67. The average molecular weight is 180 g/mol. The van der Waals surface area contributed by atoms with Crippen molar-refractivity contribution in [3.8, 4) is 0 Å². The Bertz CT molecular complexity index is 299. The molecule has 1 aromatic heterocycles. The smallest absolute Gasteiger partial charge is 0.374 e. The predicted molar refractivity (Wildman–Crippen MR) is 48.6 cm³/mol. The van der Waals surface area contributed by atoms with Gasteiger partial charge in [-0.3, -0.25) is 0 Å². The molecule has 0 aliphatic heterocycles. The highest BCUT2D eigenvalue weighted by Gasteiger charge is 2.10. The molecule has 0 saturated carbocycles. The molecule has 0 radical (unpaired) electrons. The van der Waals surface area contributed by atoms with Crippen molar-refractivity contribution in [2.45, 2.75) is 13.3 Å². The van der Waals surface area contributed by atoms with Gasteiger partial charge in [-0.05, 0) is 19.1 Å². The zero-order valence-electron chi connectivity index (χ0n) is 7.58. The van der Waals surface area contributed by atoms with Crippen LogP contribution in [0.2, 0.25) is 0 Å². The van der Waals surface area contributed by atoms with Crippen LogP contribution in [0.4, 0.5) is 0 Å². The topological polar surface area (TPSA) is 39.4 Å². The van der Waals surface area contributed by atoms with E-state index < -0.39 is 5.97 Å². The van der Waals surface area contributed by atoms with E-state index in [0.717, 1.165) is 5.76 Å². The van der Waals surface area contributed by atoms with Gasteiger partial charge in [-0.1, -0.05) is 6.08 Å². The summed E-state index contributed by atoms with van der Waals surface area (Å²) in [6, 6.07) is 3.35. The number of ether oxygens (including phenoxy) is 1. The standard InChI is InChI=1S/C10H12O3/c1-3-5-8-6-7-9(13-8)10(11)12-4-2/h3,6-7H,1,4-5H2,2H3. The van der Waals surface area contributed by atoms with Crippen LogP contribution in [0.3, 0.4) is 0 Å². The van der Waals surface area contributed by atoms with Gasteiger partial charge in [-0.15, -0.1) is 6.58 Å². The molecule has 0 atom stereocenters. The molecule has 3 nitrogen and oxygen atoms in total. The Morgan fingerprint density at radius 3 is 3.08 bits per heavy atom. The molecule has 70 valence electrons. The van der Waals surface area contributed by atoms with Crippen LogP contribution in [0.1, 0.15) is 23.2 Å². The number of hydrogen-bond donors (Lipinski definition) is 0. The SMILES string of the molecule is C=CCc1ccc(C(=O)OCC)o1. The molecular formula is C10H12O3. The lowest BCUT2D eigenvalue weighted by molar-refractivity contribution is 0.0488. The molecule has 0 spiro atoms. The monoisotopic (exact) mass is 180 g/mol. The average Bonchev–Trinajstić information content (AvgIpc) is 2.54. The van der Waals surface area contributed by atoms with Crippen molar-refractivity contribution >= 4 is 5.97 Å². The number of allylic oxidation sites excluding steroid dienone is 1. The lowest BCUT2D eigenvalue weighted by Gasteiger charge is -1.96. The number of carbonyl (C=O) groups is 1. The highest BCUT2D eigenvalue weighted by molar-refractivity contribution is 5.86. The molecule has 1 aromatic rings. The van der Waals surface area contributed by atoms with Crippen LogP contribution in [0.5, 0.6) is 0 Å². The fraction of sp³-hybridized carbons (Fsp3) is 0.300. The summed E-state index contributed by atoms with van der Waals surface area (Å²) in [6.07, 6.45) is 2.34. The molecule has 0 aliphatic rings. The zero-order chi connectivity index (χ0) is 9.68. The highest BCUT2D eigenvalue weighted by atomic mass is 16.5. The first-order valence-corrected chi connectivity index (χ1v) is 4.14. The normalized spacial score (nSPS) is 9.62. The highest BCUT2D eigenvalue weighted by Crippen LogP contribution is 2.09. The van der Waals surface area contributed by atoms with Crippen LogP contribution < -0.4 is 0 Å². The summed E-state index contributed by atoms with van der Waals surface area (Å²) in [5, 5.41) is 0. The first-order valence-electron chi connectivity index (χ1n) is 4.14. The molecule has 0 N–H and O–H groups in total. The first-order chi connectivity index (χ1) is 6.27. The van der Waals surface area contributed by atoms with Crippen LogP contribution in [0, 0.1) is 0 Å². The summed E-state index contributed by atoms with van der Waals surface area (Å²) in [6.45, 7) is 5.68. The lowest BCUT2D eigenvalue weighted by atomic mass is 10.3. The second-order valence-electron chi connectivity index (χ2n) is 2.48. The fourth-order valence-corrected chi connectivity index (χ4v) is 0.942. The maximum atomic E-state index is 11.1. The van der Waals surface area contributed by atoms with Gasteiger partial charge in [0.2, 0.25) is 5.76 Å². The van der Waals surface area contributed by atoms with Crippen molar-refractivity contribution < 1.29 is 13.9 Å². The van der Waals surface area contributed by atoms with Gasteiger partial charge in [0.1, 0.15) is 5.76 Å². The van der Waals surface area contributed by atoms with Gasteiger partial charge in [-0.2, -0.15) is 0 Å². The molecule has 1 heterocycles. The maximum Gasteiger partial charge on any atom is 0.374 e. The largest absolute Gasteiger partial charge is 0.460 e. The van der Waals surface area contributed by atoms with Gasteiger partial charge >= 0.3 is 5.97 Å². The molecule has 0 unspecified atom stereocenters. The van der Waals surface area contributed by atoms with Crippen molar-refractivity contribution in [2.24, 2.45) is 0 Å². The Labute approximate surface area is 77.0 Å². The quantitative estimate of drug-likeness (QED) is 0.526. The summed E-state index contributed by atoms with van der Waals surface area (Å²) in [4.78, 5) is 11.1. The summed E-state index contributed by atoms with van der Waals surface area (Å²) < 4.78 is 9.95. The molecule has 0 aromatic carbocycles. The van der Waals surface area contributed by atoms with Crippen molar-refractivity contribution in [1.29, 1.82) is 0 Å². The van der Waals surface area contributed by atoms with Crippen LogP contribution in [-0.4, -0.2) is 12.6 Å². The molecule has 0 amide bonds. The minimum Gasteiger partial charge on any atom is -0.460 e. The van der Waals surface area contributed by atoms with Gasteiger partial charge < -0.3 is 9.15 Å². The van der Waals surface area contributed by atoms with E-state index in [9.17, 15) is 4.79 Å². The van der Waals surface area contributed by atoms with E-state index >= 15 is 0 Å². The Kier molecular flexibility index (Phi) is 3.31. The van der Waals surface area contributed by atoms with Gasteiger partial charge in [0.15, 0.2) is 0 Å². The van der Waals surface area contributed by atoms with Crippen molar-refractivity contribution in [1.82, 2.24) is 0 Å². The third-order valence-electron chi connectivity index (χ3n) is 1.48. The van der Waals surface area contributed by atoms with Gasteiger partial charge in [0, 0.05) is 6.42 Å². The van der Waals surface area contributed by atoms with Gasteiger partial charge in [0.05, 0.1) is 6.61 Å². The number of carbonyl (C=O) groups excluding carboxylic acids is 1. The van der Waals surface area contributed by atoms with E-state index in [4.69, 9.17) is 9.15 Å². The summed E-state index contributed by atoms with van der Waals surface area (Å²) >= 11 is 0. The van der Waals surface area contributed by atoms with Gasteiger partial charge in [0.25, 0.3) is 0 Å². The molecule has 0 aliphatic carbocycles. The minimum absolute atomic E-state index is 0.249. The first kappa shape index (κ1) is 9.58. The Morgan fingerprint density at radius 1 is 1.69 bits per heavy atom. The van der Waals surface area contributed by atoms with E-state index in [1.165, 1.54) is 0 Å². The molecule has 0 fully saturated rings. The third-order valence-corrected chi connectivity index (χ3v) is 1.48. The van der Waals surface area contributed by atoms with E-state index in [1.54, 1.807) is 25.1 Å². The summed E-state index contributed by atoms with van der Waals surface area (Å²) in [5.74, 6) is 0.551. The Morgan fingerprint density at radius 2 is 2.46 bits per heavy atom. The molecule has 1 rings (SSSR count). The van der Waals surface area contributed by atoms with Crippen LogP contribution in [0.25, 0.3) is 0 Å². The second-order valence-corrected chi connectivity index (χ2v) is 2.48.